The predicted octanol–water partition coefficient (Wildman–Crippen LogP) is 1.29. The number of aromatic nitrogens is 2. The summed E-state index contributed by atoms with van der Waals surface area (Å²) < 4.78 is 7.33. The van der Waals surface area contributed by atoms with Crippen molar-refractivity contribution in [3.8, 4) is 0 Å². The van der Waals surface area contributed by atoms with Crippen molar-refractivity contribution < 1.29 is 25.8 Å². The van der Waals surface area contributed by atoms with Crippen molar-refractivity contribution in [2.24, 2.45) is 0 Å². The van der Waals surface area contributed by atoms with Crippen LogP contribution in [0, 0.1) is 6.20 Å². The Kier molecular flexibility index (Phi) is 3.53. The molecule has 0 spiro atoms. The number of hydrogen-bond acceptors (Lipinski definition) is 3. The molecule has 0 bridgehead atoms. The van der Waals surface area contributed by atoms with Gasteiger partial charge in [-0.2, -0.15) is 0 Å². The van der Waals surface area contributed by atoms with Gasteiger partial charge in [0.1, 0.15) is 6.23 Å². The number of ether oxygens (including phenoxy) is 1. The van der Waals surface area contributed by atoms with E-state index in [0.29, 0.717) is 5.82 Å². The molecule has 2 atom stereocenters. The quantitative estimate of drug-likeness (QED) is 0.755. The number of nitrogens with zero attached hydrogens (tertiary/aromatic N) is 2. The summed E-state index contributed by atoms with van der Waals surface area (Å²) in [4.78, 5) is 3.81. The van der Waals surface area contributed by atoms with Crippen LogP contribution < -0.4 is 5.73 Å². The van der Waals surface area contributed by atoms with Gasteiger partial charge in [0.15, 0.2) is 0 Å². The van der Waals surface area contributed by atoms with E-state index in [1.807, 2.05) is 6.92 Å². The molecule has 0 saturated carbocycles. The molecule has 1 aromatic rings. The summed E-state index contributed by atoms with van der Waals surface area (Å²) in [6, 6.07) is 0. The molecule has 15 heavy (non-hydrogen) atoms. The van der Waals surface area contributed by atoms with Crippen molar-refractivity contribution in [2.45, 2.75) is 19.3 Å². The molecule has 80 valence electrons. The van der Waals surface area contributed by atoms with Gasteiger partial charge in [-0.3, -0.25) is 0 Å². The molecular weight excluding hydrogens is 362 g/mol. The van der Waals surface area contributed by atoms with Crippen LogP contribution in [-0.4, -0.2) is 15.7 Å². The van der Waals surface area contributed by atoms with Gasteiger partial charge in [0.05, 0.1) is 6.10 Å². The number of nitrogen functional groups attached to an aromatic ring is 1. The molecule has 5 heteroatoms. The van der Waals surface area contributed by atoms with Gasteiger partial charge in [-0.05, 0) is 18.1 Å². The zero-order valence-electron chi connectivity index (χ0n) is 8.43. The number of hydrogen-bond donors (Lipinski definition) is 1. The first-order valence-corrected chi connectivity index (χ1v) is 4.34. The van der Waals surface area contributed by atoms with Gasteiger partial charge in [0.2, 0.25) is 0 Å². The zero-order valence-corrected chi connectivity index (χ0v) is 11.4. The Labute approximate surface area is 103 Å². The fraction of sp³-hybridized carbons (Fsp3) is 0.300. The molecule has 1 aromatic heterocycles. The first-order chi connectivity index (χ1) is 6.61. The molecule has 0 aromatic carbocycles. The molecule has 1 fully saturated rings. The van der Waals surface area contributed by atoms with E-state index >= 15 is 0 Å². The van der Waals surface area contributed by atoms with E-state index in [2.05, 4.69) is 24.3 Å². The molecule has 1 aliphatic heterocycles. The summed E-state index contributed by atoms with van der Waals surface area (Å²) in [5.41, 5.74) is 7.42. The minimum atomic E-state index is -0.281. The third kappa shape index (κ3) is 1.92. The van der Waals surface area contributed by atoms with Gasteiger partial charge < -0.3 is 20.0 Å². The van der Waals surface area contributed by atoms with Gasteiger partial charge in [-0.25, -0.2) is 0 Å². The van der Waals surface area contributed by atoms with Gasteiger partial charge in [0.25, 0.3) is 0 Å². The smallest absolute Gasteiger partial charge is 0.146 e. The van der Waals surface area contributed by atoms with E-state index in [4.69, 9.17) is 10.5 Å². The fourth-order valence-electron chi connectivity index (χ4n) is 1.47. The number of anilines is 1. The van der Waals surface area contributed by atoms with E-state index in [1.165, 1.54) is 0 Å². The topological polar surface area (TPSA) is 53.1 Å². The number of imidazole rings is 1. The first kappa shape index (κ1) is 12.2. The standard InChI is InChI=1S/C10H12N3O.W/c1-6-7(2)10(14-8(6)3)13-5-12-4-9(13)11;/h5,8,10H,1-2,11H2,3H3;/q-1;/t8-,10-;/m1./s1. The van der Waals surface area contributed by atoms with E-state index in [1.54, 1.807) is 10.9 Å². The monoisotopic (exact) mass is 374 g/mol. The molecule has 2 N–H and O–H groups in total. The summed E-state index contributed by atoms with van der Waals surface area (Å²) in [6.07, 6.45) is 3.92. The summed E-state index contributed by atoms with van der Waals surface area (Å²) in [5, 5.41) is 0. The van der Waals surface area contributed by atoms with Crippen LogP contribution >= 0.6 is 0 Å². The molecule has 2 heterocycles. The Morgan fingerprint density at radius 3 is 2.60 bits per heavy atom. The van der Waals surface area contributed by atoms with Crippen LogP contribution in [0.15, 0.2) is 30.6 Å². The second-order valence-corrected chi connectivity index (χ2v) is 3.33. The average Bonchev–Trinajstić information content (AvgIpc) is 2.66. The molecule has 1 aliphatic rings. The minimum absolute atomic E-state index is 0. The average molecular weight is 374 g/mol. The third-order valence-electron chi connectivity index (χ3n) is 2.43. The third-order valence-corrected chi connectivity index (χ3v) is 2.43. The Hall–Kier alpha value is -0.862. The van der Waals surface area contributed by atoms with Gasteiger partial charge in [-0.15, -0.1) is 6.20 Å². The van der Waals surface area contributed by atoms with Crippen LogP contribution in [0.1, 0.15) is 13.2 Å². The van der Waals surface area contributed by atoms with E-state index in [9.17, 15) is 0 Å². The molecule has 0 amide bonds. The normalized spacial score (nSPS) is 25.4. The zero-order chi connectivity index (χ0) is 10.3. The molecule has 0 aliphatic carbocycles. The Morgan fingerprint density at radius 1 is 1.53 bits per heavy atom. The van der Waals surface area contributed by atoms with Crippen LogP contribution in [-0.2, 0) is 25.8 Å². The molecule has 0 unspecified atom stereocenters. The van der Waals surface area contributed by atoms with Crippen LogP contribution in [0.3, 0.4) is 0 Å². The fourth-order valence-corrected chi connectivity index (χ4v) is 1.47. The maximum atomic E-state index is 5.67. The summed E-state index contributed by atoms with van der Waals surface area (Å²) in [6.45, 7) is 9.75. The SMILES string of the molecule is C=C1C(=C)[C@@H](C)O[C@H]1n1cn[c-]c1N.[W]. The van der Waals surface area contributed by atoms with Crippen LogP contribution in [0.2, 0.25) is 0 Å². The van der Waals surface area contributed by atoms with Crippen molar-refractivity contribution >= 4 is 5.82 Å². The Balaban J connectivity index is 0.00000112. The second kappa shape index (κ2) is 4.33. The molecular formula is C10H12N3OW-. The molecule has 1 saturated heterocycles. The predicted molar refractivity (Wildman–Crippen MR) is 53.3 cm³/mol. The number of nitrogens with two attached hydrogens (primary N) is 1. The van der Waals surface area contributed by atoms with Crippen LogP contribution in [0.25, 0.3) is 0 Å². The van der Waals surface area contributed by atoms with Gasteiger partial charge in [-0.1, -0.05) is 19.5 Å². The molecule has 0 radical (unpaired) electrons. The minimum Gasteiger partial charge on any atom is -0.440 e. The van der Waals surface area contributed by atoms with Crippen LogP contribution in [0.5, 0.6) is 0 Å². The van der Waals surface area contributed by atoms with E-state index in [0.717, 1.165) is 11.1 Å². The van der Waals surface area contributed by atoms with E-state index in [-0.39, 0.29) is 33.4 Å². The van der Waals surface area contributed by atoms with E-state index < -0.39 is 0 Å². The summed E-state index contributed by atoms with van der Waals surface area (Å²) >= 11 is 0. The van der Waals surface area contributed by atoms with Crippen molar-refractivity contribution in [2.75, 3.05) is 5.73 Å². The summed E-state index contributed by atoms with van der Waals surface area (Å²) in [5.74, 6) is 0.443. The largest absolute Gasteiger partial charge is 0.440 e. The Morgan fingerprint density at radius 2 is 2.20 bits per heavy atom. The van der Waals surface area contributed by atoms with Gasteiger partial charge >= 0.3 is 0 Å². The van der Waals surface area contributed by atoms with Crippen LogP contribution in [0.4, 0.5) is 5.82 Å². The van der Waals surface area contributed by atoms with Gasteiger partial charge in [0, 0.05) is 26.9 Å². The summed E-state index contributed by atoms with van der Waals surface area (Å²) in [7, 11) is 0. The van der Waals surface area contributed by atoms with Crippen molar-refractivity contribution in [1.82, 2.24) is 9.55 Å². The molecule has 2 rings (SSSR count). The second-order valence-electron chi connectivity index (χ2n) is 3.33. The Bertz CT molecular complexity index is 399. The maximum absolute atomic E-state index is 5.67. The molecule has 4 nitrogen and oxygen atoms in total. The number of rotatable bonds is 1. The first-order valence-electron chi connectivity index (χ1n) is 4.34. The van der Waals surface area contributed by atoms with Crippen molar-refractivity contribution in [3.63, 3.8) is 0 Å². The maximum Gasteiger partial charge on any atom is 0.146 e. The van der Waals surface area contributed by atoms with Crippen molar-refractivity contribution in [3.05, 3.63) is 36.8 Å². The van der Waals surface area contributed by atoms with Crippen molar-refractivity contribution in [1.29, 1.82) is 0 Å².